The van der Waals surface area contributed by atoms with Gasteiger partial charge in [0.1, 0.15) is 17.0 Å². The molecule has 0 unspecified atom stereocenters. The van der Waals surface area contributed by atoms with Crippen molar-refractivity contribution in [3.05, 3.63) is 41.0 Å². The highest BCUT2D eigenvalue weighted by Gasteiger charge is 2.34. The van der Waals surface area contributed by atoms with Crippen molar-refractivity contribution in [3.8, 4) is 0 Å². The number of carboxylic acid groups (broad SMARTS) is 1. The molecule has 2 N–H and O–H groups in total. The third-order valence-electron chi connectivity index (χ3n) is 2.55. The van der Waals surface area contributed by atoms with Crippen molar-refractivity contribution < 1.29 is 19.8 Å². The number of carbonyl (C=O) groups is 2. The fraction of sp³-hybridized carbons (Fsp3) is 0.0833. The summed E-state index contributed by atoms with van der Waals surface area (Å²) in [4.78, 5) is 26.7. The van der Waals surface area contributed by atoms with Crippen LogP contribution in [0.3, 0.4) is 0 Å². The standard InChI is InChI=1S/C12H9NO4/c1-13-9-8(12(16)17)10(14)6-4-2-3-5-7(6)11(9)15/h2-5,14H,1H3,(H,16,17). The van der Waals surface area contributed by atoms with Gasteiger partial charge in [0, 0.05) is 18.2 Å². The molecule has 0 heterocycles. The Hall–Kier alpha value is -2.43. The van der Waals surface area contributed by atoms with Gasteiger partial charge in [-0.25, -0.2) is 4.79 Å². The molecule has 0 spiro atoms. The Labute approximate surface area is 96.7 Å². The van der Waals surface area contributed by atoms with E-state index in [1.807, 2.05) is 0 Å². The summed E-state index contributed by atoms with van der Waals surface area (Å²) in [5.41, 5.74) is -0.192. The van der Waals surface area contributed by atoms with Crippen LogP contribution in [-0.4, -0.2) is 34.7 Å². The van der Waals surface area contributed by atoms with Crippen molar-refractivity contribution in [1.82, 2.24) is 0 Å². The van der Waals surface area contributed by atoms with Crippen LogP contribution in [0.2, 0.25) is 0 Å². The average Bonchev–Trinajstić information content (AvgIpc) is 2.33. The Morgan fingerprint density at radius 1 is 1.24 bits per heavy atom. The van der Waals surface area contributed by atoms with Gasteiger partial charge in [0.2, 0.25) is 5.78 Å². The van der Waals surface area contributed by atoms with E-state index in [4.69, 9.17) is 5.11 Å². The molecule has 17 heavy (non-hydrogen) atoms. The number of aliphatic hydroxyl groups is 1. The number of rotatable bonds is 1. The Morgan fingerprint density at radius 2 is 1.82 bits per heavy atom. The van der Waals surface area contributed by atoms with Crippen LogP contribution in [0.25, 0.3) is 5.76 Å². The predicted molar refractivity (Wildman–Crippen MR) is 61.3 cm³/mol. The van der Waals surface area contributed by atoms with Gasteiger partial charge in [0.15, 0.2) is 0 Å². The maximum absolute atomic E-state index is 12.0. The highest BCUT2D eigenvalue weighted by atomic mass is 16.4. The normalized spacial score (nSPS) is 17.2. The quantitative estimate of drug-likeness (QED) is 0.762. The smallest absolute Gasteiger partial charge is 0.341 e. The van der Waals surface area contributed by atoms with Gasteiger partial charge in [-0.15, -0.1) is 0 Å². The molecular formula is C12H9NO4. The van der Waals surface area contributed by atoms with Crippen molar-refractivity contribution in [2.45, 2.75) is 0 Å². The molecule has 1 aromatic rings. The zero-order valence-corrected chi connectivity index (χ0v) is 8.97. The topological polar surface area (TPSA) is 87.0 Å². The highest BCUT2D eigenvalue weighted by Crippen LogP contribution is 2.28. The Kier molecular flexibility index (Phi) is 2.51. The van der Waals surface area contributed by atoms with Crippen LogP contribution >= 0.6 is 0 Å². The molecule has 1 aliphatic carbocycles. The van der Waals surface area contributed by atoms with Crippen molar-refractivity contribution in [3.63, 3.8) is 0 Å². The number of ketones is 1. The van der Waals surface area contributed by atoms with Crippen LogP contribution in [0.15, 0.2) is 34.8 Å². The second kappa shape index (κ2) is 3.86. The van der Waals surface area contributed by atoms with E-state index < -0.39 is 23.1 Å². The fourth-order valence-electron chi connectivity index (χ4n) is 1.79. The molecule has 0 bridgehead atoms. The van der Waals surface area contributed by atoms with E-state index in [0.717, 1.165) is 0 Å². The summed E-state index contributed by atoms with van der Waals surface area (Å²) in [5, 5.41) is 18.9. The van der Waals surface area contributed by atoms with Crippen LogP contribution in [-0.2, 0) is 4.79 Å². The van der Waals surface area contributed by atoms with Crippen molar-refractivity contribution in [2.24, 2.45) is 4.99 Å². The predicted octanol–water partition coefficient (Wildman–Crippen LogP) is 1.31. The SMILES string of the molecule is CN=C1C(=O)c2ccccc2C(O)=C1C(=O)O. The van der Waals surface area contributed by atoms with Gasteiger partial charge in [-0.3, -0.25) is 9.79 Å². The second-order valence-electron chi connectivity index (χ2n) is 3.48. The number of aliphatic hydroxyl groups excluding tert-OH is 1. The van der Waals surface area contributed by atoms with Crippen LogP contribution in [0.4, 0.5) is 0 Å². The number of benzene rings is 1. The lowest BCUT2D eigenvalue weighted by molar-refractivity contribution is -0.132. The van der Waals surface area contributed by atoms with Crippen LogP contribution < -0.4 is 0 Å². The van der Waals surface area contributed by atoms with Crippen molar-refractivity contribution in [1.29, 1.82) is 0 Å². The molecule has 0 saturated carbocycles. The number of nitrogens with zero attached hydrogens (tertiary/aromatic N) is 1. The van der Waals surface area contributed by atoms with E-state index in [9.17, 15) is 14.7 Å². The average molecular weight is 231 g/mol. The summed E-state index contributed by atoms with van der Waals surface area (Å²) in [5.74, 6) is -2.28. The first-order valence-electron chi connectivity index (χ1n) is 4.85. The number of aliphatic carboxylic acids is 1. The molecule has 86 valence electrons. The maximum Gasteiger partial charge on any atom is 0.341 e. The summed E-state index contributed by atoms with van der Waals surface area (Å²) in [6.07, 6.45) is 0. The molecule has 1 aliphatic rings. The summed E-state index contributed by atoms with van der Waals surface area (Å²) >= 11 is 0. The first-order chi connectivity index (χ1) is 8.07. The maximum atomic E-state index is 12.0. The van der Waals surface area contributed by atoms with Crippen molar-refractivity contribution >= 4 is 23.2 Å². The molecule has 0 saturated heterocycles. The largest absolute Gasteiger partial charge is 0.506 e. The molecule has 5 heteroatoms. The third kappa shape index (κ3) is 1.52. The molecule has 0 fully saturated rings. The number of Topliss-reactive ketones (excluding diaryl/α,β-unsaturated/α-hetero) is 1. The summed E-state index contributed by atoms with van der Waals surface area (Å²) in [7, 11) is 1.32. The van der Waals surface area contributed by atoms with E-state index in [1.54, 1.807) is 12.1 Å². The number of hydrogen-bond donors (Lipinski definition) is 2. The van der Waals surface area contributed by atoms with Gasteiger partial charge in [-0.2, -0.15) is 0 Å². The number of aliphatic imine (C=N–C) groups is 1. The minimum atomic E-state index is -1.37. The van der Waals surface area contributed by atoms with Gasteiger partial charge in [0.25, 0.3) is 0 Å². The minimum Gasteiger partial charge on any atom is -0.506 e. The van der Waals surface area contributed by atoms with Gasteiger partial charge in [-0.05, 0) is 0 Å². The molecule has 2 rings (SSSR count). The van der Waals surface area contributed by atoms with Gasteiger partial charge in [0.05, 0.1) is 0 Å². The Bertz CT molecular complexity index is 584. The lowest BCUT2D eigenvalue weighted by atomic mass is 9.88. The van der Waals surface area contributed by atoms with Crippen LogP contribution in [0, 0.1) is 0 Å². The van der Waals surface area contributed by atoms with Gasteiger partial charge in [-0.1, -0.05) is 24.3 Å². The molecule has 0 atom stereocenters. The molecule has 0 radical (unpaired) electrons. The summed E-state index contributed by atoms with van der Waals surface area (Å²) in [6, 6.07) is 6.29. The third-order valence-corrected chi connectivity index (χ3v) is 2.55. The number of carbonyl (C=O) groups excluding carboxylic acids is 1. The van der Waals surface area contributed by atoms with E-state index in [1.165, 1.54) is 19.2 Å². The Balaban J connectivity index is 2.82. The fourth-order valence-corrected chi connectivity index (χ4v) is 1.79. The van der Waals surface area contributed by atoms with E-state index >= 15 is 0 Å². The lowest BCUT2D eigenvalue weighted by Gasteiger charge is -2.17. The van der Waals surface area contributed by atoms with E-state index in [2.05, 4.69) is 4.99 Å². The number of fused-ring (bicyclic) bond motifs is 1. The molecular weight excluding hydrogens is 222 g/mol. The van der Waals surface area contributed by atoms with Crippen LogP contribution in [0.5, 0.6) is 0 Å². The monoisotopic (exact) mass is 231 g/mol. The second-order valence-corrected chi connectivity index (χ2v) is 3.48. The van der Waals surface area contributed by atoms with E-state index in [-0.39, 0.29) is 16.8 Å². The van der Waals surface area contributed by atoms with Crippen molar-refractivity contribution in [2.75, 3.05) is 7.05 Å². The molecule has 0 amide bonds. The molecule has 1 aromatic carbocycles. The van der Waals surface area contributed by atoms with Gasteiger partial charge >= 0.3 is 5.97 Å². The Morgan fingerprint density at radius 3 is 2.35 bits per heavy atom. The zero-order valence-electron chi connectivity index (χ0n) is 8.97. The molecule has 5 nitrogen and oxygen atoms in total. The first kappa shape index (κ1) is 11.1. The highest BCUT2D eigenvalue weighted by molar-refractivity contribution is 6.58. The number of hydrogen-bond acceptors (Lipinski definition) is 4. The first-order valence-corrected chi connectivity index (χ1v) is 4.85. The zero-order chi connectivity index (χ0) is 12.6. The van der Waals surface area contributed by atoms with Gasteiger partial charge < -0.3 is 10.2 Å². The molecule has 0 aliphatic heterocycles. The van der Waals surface area contributed by atoms with E-state index in [0.29, 0.717) is 0 Å². The minimum absolute atomic E-state index is 0.224. The summed E-state index contributed by atoms with van der Waals surface area (Å²) in [6.45, 7) is 0. The number of carboxylic acids is 1. The van der Waals surface area contributed by atoms with Crippen LogP contribution in [0.1, 0.15) is 15.9 Å². The lowest BCUT2D eigenvalue weighted by Crippen LogP contribution is -2.28. The molecule has 0 aromatic heterocycles. The summed E-state index contributed by atoms with van der Waals surface area (Å²) < 4.78 is 0.